The molecule has 182 valence electrons. The van der Waals surface area contributed by atoms with Crippen molar-refractivity contribution in [3.05, 3.63) is 81.9 Å². The Bertz CT molecular complexity index is 1170. The molecule has 1 heterocycles. The van der Waals surface area contributed by atoms with Gasteiger partial charge in [0.25, 0.3) is 0 Å². The van der Waals surface area contributed by atoms with Crippen molar-refractivity contribution in [3.8, 4) is 0 Å². The van der Waals surface area contributed by atoms with Gasteiger partial charge in [-0.25, -0.2) is 0 Å². The third-order valence-corrected chi connectivity index (χ3v) is 13.5. The number of hydrogen-bond acceptors (Lipinski definition) is 4. The van der Waals surface area contributed by atoms with E-state index in [2.05, 4.69) is 36.4 Å². The van der Waals surface area contributed by atoms with E-state index in [1.807, 2.05) is 65.8 Å². The summed E-state index contributed by atoms with van der Waals surface area (Å²) in [5.74, 6) is -0.595. The van der Waals surface area contributed by atoms with Gasteiger partial charge in [-0.2, -0.15) is 0 Å². The van der Waals surface area contributed by atoms with Gasteiger partial charge in [0, 0.05) is 0 Å². The molecule has 0 amide bonds. The Labute approximate surface area is 212 Å². The molecule has 1 saturated heterocycles. The van der Waals surface area contributed by atoms with Gasteiger partial charge in [-0.3, -0.25) is 0 Å². The molecule has 2 aromatic carbocycles. The molecule has 2 aliphatic carbocycles. The number of carbonyl (C=O) groups is 2. The summed E-state index contributed by atoms with van der Waals surface area (Å²) in [5, 5.41) is 0. The first kappa shape index (κ1) is 24.3. The number of carbonyl (C=O) groups excluding carboxylic acids is 2. The minimum atomic E-state index is -4.43. The van der Waals surface area contributed by atoms with Crippen LogP contribution in [0.4, 0.5) is 0 Å². The van der Waals surface area contributed by atoms with E-state index < -0.39 is 28.2 Å². The van der Waals surface area contributed by atoms with Crippen LogP contribution in [-0.2, 0) is 33.6 Å². The Morgan fingerprint density at radius 2 is 1.06 bits per heavy atom. The molecule has 2 atom stereocenters. The van der Waals surface area contributed by atoms with Crippen molar-refractivity contribution in [2.75, 3.05) is 0 Å². The molecule has 3 aliphatic rings. The molecule has 4 nitrogen and oxygen atoms in total. The summed E-state index contributed by atoms with van der Waals surface area (Å²) >= 11 is -4.43. The van der Waals surface area contributed by atoms with Crippen molar-refractivity contribution in [1.29, 1.82) is 0 Å². The van der Waals surface area contributed by atoms with Gasteiger partial charge in [0.05, 0.1) is 0 Å². The van der Waals surface area contributed by atoms with Crippen molar-refractivity contribution in [2.45, 2.75) is 62.8 Å². The summed E-state index contributed by atoms with van der Waals surface area (Å²) in [7, 11) is 0. The van der Waals surface area contributed by atoms with Gasteiger partial charge < -0.3 is 0 Å². The zero-order valence-electron chi connectivity index (χ0n) is 21.5. The monoisotopic (exact) mass is 506 g/mol. The molecule has 2 aromatic rings. The predicted octanol–water partition coefficient (Wildman–Crippen LogP) is 7.22. The second-order valence-electron chi connectivity index (χ2n) is 12.1. The summed E-state index contributed by atoms with van der Waals surface area (Å²) in [5.41, 5.74) is 5.53. The number of benzene rings is 2. The topological polar surface area (TPSA) is 52.6 Å². The molecule has 2 unspecified atom stereocenters. The van der Waals surface area contributed by atoms with Gasteiger partial charge in [0.15, 0.2) is 0 Å². The number of fused-ring (bicyclic) bond motifs is 6. The van der Waals surface area contributed by atoms with Crippen LogP contribution in [-0.4, -0.2) is 11.9 Å². The van der Waals surface area contributed by atoms with Crippen LogP contribution in [0.3, 0.4) is 0 Å². The van der Waals surface area contributed by atoms with Crippen molar-refractivity contribution in [3.63, 3.8) is 0 Å². The molecular formula is C30H34O4Ti. The average molecular weight is 506 g/mol. The van der Waals surface area contributed by atoms with Crippen molar-refractivity contribution in [1.82, 2.24) is 0 Å². The van der Waals surface area contributed by atoms with Crippen molar-refractivity contribution >= 4 is 24.1 Å². The van der Waals surface area contributed by atoms with Crippen LogP contribution in [0, 0.1) is 10.8 Å². The fourth-order valence-corrected chi connectivity index (χ4v) is 13.2. The molecule has 5 heteroatoms. The number of allylic oxidation sites excluding steroid dienone is 2. The summed E-state index contributed by atoms with van der Waals surface area (Å²) in [6.45, 7) is 11.2. The molecule has 1 fully saturated rings. The van der Waals surface area contributed by atoms with Crippen LogP contribution >= 0.6 is 0 Å². The van der Waals surface area contributed by atoms with E-state index in [9.17, 15) is 9.59 Å². The van der Waals surface area contributed by atoms with E-state index >= 15 is 0 Å². The average Bonchev–Trinajstić information content (AvgIpc) is 3.31. The third-order valence-electron chi connectivity index (χ3n) is 7.27. The van der Waals surface area contributed by atoms with Crippen molar-refractivity contribution < 1.29 is 33.6 Å². The molecule has 1 aliphatic heterocycles. The van der Waals surface area contributed by atoms with Gasteiger partial charge in [0.1, 0.15) is 0 Å². The van der Waals surface area contributed by atoms with E-state index in [1.165, 1.54) is 11.1 Å². The van der Waals surface area contributed by atoms with E-state index in [-0.39, 0.29) is 20.4 Å². The van der Waals surface area contributed by atoms with Gasteiger partial charge in [-0.15, -0.1) is 0 Å². The van der Waals surface area contributed by atoms with Crippen LogP contribution in [0.15, 0.2) is 59.7 Å². The molecule has 0 radical (unpaired) electrons. The fourth-order valence-electron chi connectivity index (χ4n) is 5.47. The number of rotatable bonds is 2. The first-order valence-corrected chi connectivity index (χ1v) is 15.6. The molecule has 0 spiro atoms. The molecule has 0 N–H and O–H groups in total. The van der Waals surface area contributed by atoms with Crippen LogP contribution in [0.5, 0.6) is 0 Å². The van der Waals surface area contributed by atoms with Gasteiger partial charge in [-0.05, 0) is 0 Å². The summed E-state index contributed by atoms with van der Waals surface area (Å²) in [6.07, 6.45) is 6.21. The van der Waals surface area contributed by atoms with Gasteiger partial charge >= 0.3 is 213 Å². The maximum absolute atomic E-state index is 13.7. The van der Waals surface area contributed by atoms with Gasteiger partial charge in [-0.1, -0.05) is 0 Å². The van der Waals surface area contributed by atoms with Crippen LogP contribution in [0.25, 0.3) is 12.2 Å². The predicted molar refractivity (Wildman–Crippen MR) is 135 cm³/mol. The molecule has 5 rings (SSSR count). The van der Waals surface area contributed by atoms with Crippen LogP contribution in [0.2, 0.25) is 0 Å². The quantitative estimate of drug-likeness (QED) is 0.404. The number of hydrogen-bond donors (Lipinski definition) is 0. The summed E-state index contributed by atoms with van der Waals surface area (Å²) in [4.78, 5) is 27.4. The minimum absolute atomic E-state index is 0.189. The molecule has 35 heavy (non-hydrogen) atoms. The Morgan fingerprint density at radius 3 is 1.43 bits per heavy atom. The van der Waals surface area contributed by atoms with E-state index in [0.717, 1.165) is 35.1 Å². The Hall–Kier alpha value is -2.43. The van der Waals surface area contributed by atoms with Crippen molar-refractivity contribution in [2.24, 2.45) is 10.8 Å². The van der Waals surface area contributed by atoms with E-state index in [0.29, 0.717) is 0 Å². The molecule has 0 aromatic heterocycles. The molecular weight excluding hydrogens is 472 g/mol. The second-order valence-corrected chi connectivity index (χ2v) is 16.8. The first-order valence-electron chi connectivity index (χ1n) is 12.5. The summed E-state index contributed by atoms with van der Waals surface area (Å²) < 4.78 is 13.1. The van der Waals surface area contributed by atoms with E-state index in [4.69, 9.17) is 6.64 Å². The Morgan fingerprint density at radius 1 is 0.686 bits per heavy atom. The zero-order valence-corrected chi connectivity index (χ0v) is 23.0. The molecule has 0 bridgehead atoms. The summed E-state index contributed by atoms with van der Waals surface area (Å²) in [6, 6.07) is 16.6. The van der Waals surface area contributed by atoms with Crippen LogP contribution in [0.1, 0.15) is 85.1 Å². The maximum atomic E-state index is 13.7. The third kappa shape index (κ3) is 4.05. The fraction of sp³-hybridized carbons (Fsp3) is 0.400. The Kier molecular flexibility index (Phi) is 5.77. The van der Waals surface area contributed by atoms with E-state index in [1.54, 1.807) is 0 Å². The standard InChI is InChI=1S/C20H16.2C5H10O2.Ti/c1-2-6-18-12-15(11-17(18)5-1)9-10-16-13-19-7-3-4-8-20(19)14-16;2*1-5(2,3)4(6)7;/h1-8,11-14H,9-10H2;2*1-3H3,(H,6,7);/q;;;+2/p-2. The van der Waals surface area contributed by atoms with Gasteiger partial charge in [0.2, 0.25) is 0 Å². The second kappa shape index (κ2) is 8.32. The Balaban J connectivity index is 1.80. The molecule has 0 saturated carbocycles. The van der Waals surface area contributed by atoms with Crippen LogP contribution < -0.4 is 0 Å². The SMILES string of the molecule is CC(C)(C)C(=O)[O][Ti]1([O]C(=O)C(C)(C)C)[CH]2C(=Cc3ccccc32)CCC2=Cc3ccccc3[CH]21. The normalized spacial score (nSPS) is 22.0. The zero-order chi connectivity index (χ0) is 25.2. The first-order chi connectivity index (χ1) is 16.4.